The summed E-state index contributed by atoms with van der Waals surface area (Å²) in [5.74, 6) is -7.07. The first kappa shape index (κ1) is 57.3. The normalized spacial score (nSPS) is 16.1. The Hall–Kier alpha value is -7.61. The van der Waals surface area contributed by atoms with Crippen molar-refractivity contribution < 1.29 is 43.2 Å². The minimum Gasteiger partial charge on any atom is -0.370 e. The van der Waals surface area contributed by atoms with Gasteiger partial charge >= 0.3 is 6.03 Å². The molecule has 1 fully saturated rings. The number of rotatable bonds is 29. The van der Waals surface area contributed by atoms with E-state index in [9.17, 15) is 43.2 Å². The van der Waals surface area contributed by atoms with E-state index >= 15 is 0 Å². The van der Waals surface area contributed by atoms with Crippen LogP contribution in [0.5, 0.6) is 0 Å². The van der Waals surface area contributed by atoms with Crippen LogP contribution in [0.4, 0.5) is 4.79 Å². The summed E-state index contributed by atoms with van der Waals surface area (Å²) in [6.45, 7) is 3.40. The minimum atomic E-state index is -1.40. The number of thiol groups is 2. The monoisotopic (exact) mass is 1060 g/mol. The van der Waals surface area contributed by atoms with E-state index in [2.05, 4.69) is 82.7 Å². The molecular weight excluding hydrogens is 995 g/mol. The fourth-order valence-electron chi connectivity index (χ4n) is 8.11. The van der Waals surface area contributed by atoms with Gasteiger partial charge in [0.15, 0.2) is 5.96 Å². The lowest BCUT2D eigenvalue weighted by molar-refractivity contribution is -0.137. The van der Waals surface area contributed by atoms with Crippen molar-refractivity contribution in [2.24, 2.45) is 11.5 Å². The zero-order chi connectivity index (χ0) is 53.9. The molecule has 398 valence electrons. The highest BCUT2D eigenvalue weighted by atomic mass is 32.1. The zero-order valence-corrected chi connectivity index (χ0v) is 42.7. The number of aromatic nitrogens is 3. The van der Waals surface area contributed by atoms with Gasteiger partial charge < -0.3 is 64.0 Å². The summed E-state index contributed by atoms with van der Waals surface area (Å²) < 4.78 is 0. The molecule has 15 N–H and O–H groups in total. The van der Waals surface area contributed by atoms with Gasteiger partial charge in [0.25, 0.3) is 5.91 Å². The molecule has 10 amide bonds. The number of hydrogen-bond acceptors (Lipinski definition) is 13. The Kier molecular flexibility index (Phi) is 21.7. The second kappa shape index (κ2) is 28.0. The number of nitrogens with zero attached hydrogens (tertiary/aromatic N) is 2. The van der Waals surface area contributed by atoms with E-state index < -0.39 is 102 Å². The van der Waals surface area contributed by atoms with Gasteiger partial charge in [-0.15, -0.1) is 0 Å². The summed E-state index contributed by atoms with van der Waals surface area (Å²) >= 11 is 8.37. The molecular formula is C48H65N15O9S2. The molecule has 0 saturated carbocycles. The SMILES string of the molecule is CCCC[C@@H]1NC(=O)N([C@@H](CS)C(=O)N[C@H](C)C(=O)N[C@@H](Cc2cnc[nH]2)C(=O)N[C@H](Cc2ccccc2)C(=O)N[C@@H](CCCNC(=N)N)C(=O)N[C@@H](Cc2c[nH]c3ccccc23)C(=O)N[C@@H](CS)C(N)=O)C1=O. The number of nitrogens with two attached hydrogens (primary N) is 2. The number of fused-ring (bicyclic) bond motifs is 1. The van der Waals surface area contributed by atoms with E-state index in [-0.39, 0.29) is 56.1 Å². The predicted molar refractivity (Wildman–Crippen MR) is 280 cm³/mol. The van der Waals surface area contributed by atoms with Crippen LogP contribution in [0.15, 0.2) is 73.3 Å². The molecule has 26 heteroatoms. The Balaban J connectivity index is 1.38. The number of aromatic amines is 2. The van der Waals surface area contributed by atoms with Crippen LogP contribution >= 0.6 is 25.3 Å². The van der Waals surface area contributed by atoms with Crippen LogP contribution in [0.2, 0.25) is 0 Å². The number of imidazole rings is 1. The quantitative estimate of drug-likeness (QED) is 0.0102. The maximum atomic E-state index is 14.6. The van der Waals surface area contributed by atoms with Gasteiger partial charge in [0.2, 0.25) is 41.4 Å². The number of unbranched alkanes of at least 4 members (excludes halogenated alkanes) is 1. The van der Waals surface area contributed by atoms with Crippen LogP contribution in [0.1, 0.15) is 62.8 Å². The highest BCUT2D eigenvalue weighted by Gasteiger charge is 2.44. The molecule has 0 bridgehead atoms. The number of nitrogens with one attached hydrogen (secondary N) is 11. The first-order chi connectivity index (χ1) is 35.4. The molecule has 1 aliphatic heterocycles. The number of H-pyrrole nitrogens is 2. The number of guanidine groups is 1. The third kappa shape index (κ3) is 16.2. The van der Waals surface area contributed by atoms with Gasteiger partial charge in [0, 0.05) is 66.3 Å². The van der Waals surface area contributed by atoms with E-state index in [0.29, 0.717) is 29.7 Å². The molecule has 24 nitrogen and oxygen atoms in total. The third-order valence-electron chi connectivity index (χ3n) is 12.2. The van der Waals surface area contributed by atoms with Crippen LogP contribution in [-0.4, -0.2) is 145 Å². The highest BCUT2D eigenvalue weighted by molar-refractivity contribution is 7.80. The molecule has 1 aliphatic rings. The summed E-state index contributed by atoms with van der Waals surface area (Å²) in [6, 6.07) is 5.05. The van der Waals surface area contributed by atoms with Crippen molar-refractivity contribution in [2.75, 3.05) is 18.1 Å². The van der Waals surface area contributed by atoms with Gasteiger partial charge in [-0.1, -0.05) is 68.3 Å². The van der Waals surface area contributed by atoms with Crippen LogP contribution in [0.3, 0.4) is 0 Å². The van der Waals surface area contributed by atoms with E-state index in [1.54, 1.807) is 36.5 Å². The molecule has 1 saturated heterocycles. The second-order valence-corrected chi connectivity index (χ2v) is 18.4. The largest absolute Gasteiger partial charge is 0.370 e. The maximum Gasteiger partial charge on any atom is 0.325 e. The Labute approximate surface area is 437 Å². The third-order valence-corrected chi connectivity index (χ3v) is 12.9. The summed E-state index contributed by atoms with van der Waals surface area (Å²) in [7, 11) is 0. The standard InChI is InChI=1S/C48H65N15O9S2/c1-3-4-14-33-46(71)63(48(72)62-33)38(24-74)45(70)56-26(2)40(65)58-36(20-29-22-52-25-55-29)44(69)59-34(18-27-11-6-5-7-12-27)42(67)57-32(16-10-17-53-47(50)51)41(66)60-35(43(68)61-37(23-73)39(49)64)19-28-21-54-31-15-9-8-13-30(28)31/h5-9,11-13,15,21-22,25-26,32-38,54,73-74H,3-4,10,14,16-20,23-24H2,1-2H3,(H2,49,64)(H,52,55)(H,56,70)(H,57,67)(H,58,65)(H,59,69)(H,60,66)(H,61,68)(H,62,72)(H4,50,51,53)/t26-,32+,33+,34-,35+,36+,37+,38+/m1/s1. The lowest BCUT2D eigenvalue weighted by atomic mass is 10.0. The van der Waals surface area contributed by atoms with E-state index in [1.807, 2.05) is 31.2 Å². The average Bonchev–Trinajstić information content (AvgIpc) is 4.12. The predicted octanol–water partition coefficient (Wildman–Crippen LogP) is -1.07. The lowest BCUT2D eigenvalue weighted by Crippen LogP contribution is -2.61. The fourth-order valence-corrected chi connectivity index (χ4v) is 8.71. The highest BCUT2D eigenvalue weighted by Crippen LogP contribution is 2.20. The van der Waals surface area contributed by atoms with Crippen molar-refractivity contribution in [1.82, 2.24) is 62.4 Å². The lowest BCUT2D eigenvalue weighted by Gasteiger charge is -2.28. The van der Waals surface area contributed by atoms with Crippen molar-refractivity contribution in [2.45, 2.75) is 114 Å². The number of imide groups is 1. The fraction of sp³-hybridized carbons (Fsp3) is 0.438. The number of carbonyl (C=O) groups excluding carboxylic acids is 9. The first-order valence-corrected chi connectivity index (χ1v) is 25.3. The molecule has 0 unspecified atom stereocenters. The number of para-hydroxylation sites is 1. The van der Waals surface area contributed by atoms with Crippen molar-refractivity contribution in [3.8, 4) is 0 Å². The van der Waals surface area contributed by atoms with E-state index in [0.717, 1.165) is 22.2 Å². The summed E-state index contributed by atoms with van der Waals surface area (Å²) in [5, 5.41) is 29.5. The van der Waals surface area contributed by atoms with Gasteiger partial charge in [-0.25, -0.2) is 14.7 Å². The number of primary amides is 1. The first-order valence-electron chi connectivity index (χ1n) is 24.0. The zero-order valence-electron chi connectivity index (χ0n) is 40.9. The number of hydrogen-bond donors (Lipinski definition) is 15. The van der Waals surface area contributed by atoms with Gasteiger partial charge in [-0.3, -0.25) is 43.8 Å². The second-order valence-electron chi connectivity index (χ2n) is 17.7. The number of benzene rings is 2. The molecule has 0 spiro atoms. The van der Waals surface area contributed by atoms with Crippen molar-refractivity contribution in [3.63, 3.8) is 0 Å². The maximum absolute atomic E-state index is 14.6. The molecule has 0 radical (unpaired) electrons. The number of carbonyl (C=O) groups is 9. The Morgan fingerprint density at radius 2 is 1.34 bits per heavy atom. The topological polar surface area (TPSA) is 373 Å². The summed E-state index contributed by atoms with van der Waals surface area (Å²) in [6.07, 6.45) is 6.09. The summed E-state index contributed by atoms with van der Waals surface area (Å²) in [5.41, 5.74) is 13.5. The van der Waals surface area contributed by atoms with Gasteiger partial charge in [0.1, 0.15) is 48.3 Å². The van der Waals surface area contributed by atoms with Crippen molar-refractivity contribution >= 4 is 95.4 Å². The Morgan fingerprint density at radius 1 is 0.730 bits per heavy atom. The van der Waals surface area contributed by atoms with E-state index in [4.69, 9.17) is 16.9 Å². The van der Waals surface area contributed by atoms with Crippen LogP contribution in [0.25, 0.3) is 10.9 Å². The van der Waals surface area contributed by atoms with E-state index in [1.165, 1.54) is 19.4 Å². The van der Waals surface area contributed by atoms with Gasteiger partial charge in [0.05, 0.1) is 6.33 Å². The Bertz CT molecular complexity index is 2620. The molecule has 0 aliphatic carbocycles. The molecule has 8 atom stereocenters. The molecule has 2 aromatic carbocycles. The number of amides is 10. The van der Waals surface area contributed by atoms with Crippen LogP contribution in [-0.2, 0) is 57.6 Å². The number of urea groups is 1. The van der Waals surface area contributed by atoms with Crippen LogP contribution in [0, 0.1) is 5.41 Å². The smallest absolute Gasteiger partial charge is 0.325 e. The van der Waals surface area contributed by atoms with Crippen molar-refractivity contribution in [1.29, 1.82) is 5.41 Å². The molecule has 4 aromatic rings. The molecule has 74 heavy (non-hydrogen) atoms. The molecule has 5 rings (SSSR count). The van der Waals surface area contributed by atoms with Gasteiger partial charge in [-0.2, -0.15) is 25.3 Å². The molecule has 3 heterocycles. The average molecular weight is 1060 g/mol. The van der Waals surface area contributed by atoms with Gasteiger partial charge in [-0.05, 0) is 43.4 Å². The molecule has 2 aromatic heterocycles. The van der Waals surface area contributed by atoms with Crippen LogP contribution < -0.4 is 54.0 Å². The van der Waals surface area contributed by atoms with Crippen molar-refractivity contribution in [3.05, 3.63) is 90.1 Å². The Morgan fingerprint density at radius 3 is 1.96 bits per heavy atom. The minimum absolute atomic E-state index is 0.0575. The summed E-state index contributed by atoms with van der Waals surface area (Å²) in [4.78, 5) is 134.